The molecule has 1 nitrogen and oxygen atoms in total. The molecule has 0 spiro atoms. The molecule has 0 amide bonds. The van der Waals surface area contributed by atoms with Crippen LogP contribution in [0.1, 0.15) is 50.7 Å². The normalized spacial score (nSPS) is 10.5. The highest BCUT2D eigenvalue weighted by Crippen LogP contribution is 2.20. The number of aryl methyl sites for hydroxylation is 2. The molecule has 1 aromatic carbocycles. The van der Waals surface area contributed by atoms with Crippen LogP contribution in [0.5, 0.6) is 0 Å². The van der Waals surface area contributed by atoms with Crippen LogP contribution in [-0.2, 0) is 12.8 Å². The minimum absolute atomic E-state index is 1.02. The molecule has 0 radical (unpaired) electrons. The molecule has 0 unspecified atom stereocenters. The van der Waals surface area contributed by atoms with Gasteiger partial charge in [0.25, 0.3) is 0 Å². The number of benzene rings is 1. The van der Waals surface area contributed by atoms with E-state index in [1.165, 1.54) is 36.8 Å². The summed E-state index contributed by atoms with van der Waals surface area (Å²) in [7, 11) is 0. The van der Waals surface area contributed by atoms with Gasteiger partial charge in [0.1, 0.15) is 0 Å². The van der Waals surface area contributed by atoms with Crippen LogP contribution in [0.3, 0.4) is 0 Å². The molecule has 0 atom stereocenters. The summed E-state index contributed by atoms with van der Waals surface area (Å²) in [6.07, 6.45) is 7.41. The van der Waals surface area contributed by atoms with Gasteiger partial charge in [-0.2, -0.15) is 0 Å². The van der Waals surface area contributed by atoms with Gasteiger partial charge in [0.2, 0.25) is 0 Å². The minimum Gasteiger partial charge on any atom is -0.398 e. The third kappa shape index (κ3) is 3.58. The molecule has 0 bridgehead atoms. The van der Waals surface area contributed by atoms with Crippen molar-refractivity contribution < 1.29 is 0 Å². The topological polar surface area (TPSA) is 26.0 Å². The predicted molar refractivity (Wildman–Crippen MR) is 68.1 cm³/mol. The lowest BCUT2D eigenvalue weighted by Gasteiger charge is -2.09. The van der Waals surface area contributed by atoms with E-state index in [1.807, 2.05) is 0 Å². The Kier molecular flexibility index (Phi) is 5.23. The summed E-state index contributed by atoms with van der Waals surface area (Å²) in [5, 5.41) is 0. The molecule has 0 fully saturated rings. The van der Waals surface area contributed by atoms with Crippen molar-refractivity contribution in [3.63, 3.8) is 0 Å². The highest BCUT2D eigenvalue weighted by molar-refractivity contribution is 5.53. The fourth-order valence-electron chi connectivity index (χ4n) is 1.93. The molecule has 0 aliphatic heterocycles. The van der Waals surface area contributed by atoms with Gasteiger partial charge >= 0.3 is 0 Å². The van der Waals surface area contributed by atoms with Crippen molar-refractivity contribution in [2.75, 3.05) is 5.73 Å². The zero-order valence-electron chi connectivity index (χ0n) is 10.1. The molecular weight excluding hydrogens is 182 g/mol. The Balaban J connectivity index is 2.53. The SMILES string of the molecule is CCCCCCc1cccc(CC)c1N. The summed E-state index contributed by atoms with van der Waals surface area (Å²) in [4.78, 5) is 0. The van der Waals surface area contributed by atoms with Crippen LogP contribution in [0.2, 0.25) is 0 Å². The average Bonchev–Trinajstić information content (AvgIpc) is 2.26. The van der Waals surface area contributed by atoms with Crippen LogP contribution < -0.4 is 5.73 Å². The summed E-state index contributed by atoms with van der Waals surface area (Å²) in [5.74, 6) is 0. The largest absolute Gasteiger partial charge is 0.398 e. The standard InChI is InChI=1S/C14H23N/c1-3-5-6-7-9-13-11-8-10-12(4-2)14(13)15/h8,10-11H,3-7,9,15H2,1-2H3. The number of anilines is 1. The van der Waals surface area contributed by atoms with Gasteiger partial charge in [0.05, 0.1) is 0 Å². The summed E-state index contributed by atoms with van der Waals surface area (Å²) in [6, 6.07) is 6.43. The van der Waals surface area contributed by atoms with Gasteiger partial charge in [-0.25, -0.2) is 0 Å². The van der Waals surface area contributed by atoms with Crippen LogP contribution in [0.15, 0.2) is 18.2 Å². The van der Waals surface area contributed by atoms with Crippen LogP contribution in [-0.4, -0.2) is 0 Å². The first-order valence-corrected chi connectivity index (χ1v) is 6.15. The quantitative estimate of drug-likeness (QED) is 0.552. The van der Waals surface area contributed by atoms with Gasteiger partial charge in [0.15, 0.2) is 0 Å². The highest BCUT2D eigenvalue weighted by atomic mass is 14.6. The lowest BCUT2D eigenvalue weighted by Crippen LogP contribution is -1.99. The molecule has 15 heavy (non-hydrogen) atoms. The minimum atomic E-state index is 1.02. The van der Waals surface area contributed by atoms with Crippen LogP contribution in [0.25, 0.3) is 0 Å². The van der Waals surface area contributed by atoms with E-state index in [1.54, 1.807) is 0 Å². The molecule has 0 aromatic heterocycles. The first-order chi connectivity index (χ1) is 7.29. The van der Waals surface area contributed by atoms with E-state index < -0.39 is 0 Å². The Morgan fingerprint density at radius 1 is 1.00 bits per heavy atom. The molecule has 0 heterocycles. The number of hydrogen-bond donors (Lipinski definition) is 1. The van der Waals surface area contributed by atoms with Gasteiger partial charge in [-0.05, 0) is 30.4 Å². The number of rotatable bonds is 6. The second-order valence-corrected chi connectivity index (χ2v) is 4.15. The number of nitrogen functional groups attached to an aromatic ring is 1. The maximum Gasteiger partial charge on any atom is 0.0379 e. The summed E-state index contributed by atoms with van der Waals surface area (Å²) in [6.45, 7) is 4.40. The Hall–Kier alpha value is -0.980. The Labute approximate surface area is 93.7 Å². The average molecular weight is 205 g/mol. The maximum atomic E-state index is 6.11. The molecule has 1 aromatic rings. The van der Waals surface area contributed by atoms with Crippen molar-refractivity contribution in [1.82, 2.24) is 0 Å². The smallest absolute Gasteiger partial charge is 0.0379 e. The third-order valence-corrected chi connectivity index (χ3v) is 2.97. The summed E-state index contributed by atoms with van der Waals surface area (Å²) < 4.78 is 0. The van der Waals surface area contributed by atoms with Crippen molar-refractivity contribution in [3.05, 3.63) is 29.3 Å². The molecular formula is C14H23N. The third-order valence-electron chi connectivity index (χ3n) is 2.97. The molecule has 0 saturated carbocycles. The van der Waals surface area contributed by atoms with Crippen molar-refractivity contribution in [3.8, 4) is 0 Å². The summed E-state index contributed by atoms with van der Waals surface area (Å²) >= 11 is 0. The second kappa shape index (κ2) is 6.49. The Morgan fingerprint density at radius 3 is 2.40 bits per heavy atom. The van der Waals surface area contributed by atoms with Gasteiger partial charge in [0, 0.05) is 5.69 Å². The lowest BCUT2D eigenvalue weighted by atomic mass is 10.0. The first-order valence-electron chi connectivity index (χ1n) is 6.15. The number of hydrogen-bond acceptors (Lipinski definition) is 1. The molecule has 1 rings (SSSR count). The van der Waals surface area contributed by atoms with Gasteiger partial charge < -0.3 is 5.73 Å². The Morgan fingerprint density at radius 2 is 1.73 bits per heavy atom. The molecule has 84 valence electrons. The van der Waals surface area contributed by atoms with Gasteiger partial charge in [-0.15, -0.1) is 0 Å². The molecule has 2 N–H and O–H groups in total. The van der Waals surface area contributed by atoms with Crippen LogP contribution in [0.4, 0.5) is 5.69 Å². The number of unbranched alkanes of at least 4 members (excludes halogenated alkanes) is 3. The first kappa shape index (κ1) is 12.1. The van der Waals surface area contributed by atoms with E-state index in [-0.39, 0.29) is 0 Å². The van der Waals surface area contributed by atoms with E-state index in [9.17, 15) is 0 Å². The van der Waals surface area contributed by atoms with E-state index in [0.29, 0.717) is 0 Å². The van der Waals surface area contributed by atoms with Crippen molar-refractivity contribution >= 4 is 5.69 Å². The highest BCUT2D eigenvalue weighted by Gasteiger charge is 2.02. The van der Waals surface area contributed by atoms with Crippen molar-refractivity contribution in [2.45, 2.75) is 52.4 Å². The molecule has 0 saturated heterocycles. The monoisotopic (exact) mass is 205 g/mol. The van der Waals surface area contributed by atoms with Crippen LogP contribution in [0, 0.1) is 0 Å². The lowest BCUT2D eigenvalue weighted by molar-refractivity contribution is 0.667. The fourth-order valence-corrected chi connectivity index (χ4v) is 1.93. The van der Waals surface area contributed by atoms with E-state index >= 15 is 0 Å². The van der Waals surface area contributed by atoms with Crippen LogP contribution >= 0.6 is 0 Å². The zero-order chi connectivity index (χ0) is 11.1. The van der Waals surface area contributed by atoms with E-state index in [2.05, 4.69) is 32.0 Å². The van der Waals surface area contributed by atoms with Gasteiger partial charge in [-0.1, -0.05) is 51.3 Å². The molecule has 1 heteroatoms. The van der Waals surface area contributed by atoms with E-state index in [0.717, 1.165) is 18.5 Å². The number of nitrogens with two attached hydrogens (primary N) is 1. The molecule has 0 aliphatic rings. The predicted octanol–water partition coefficient (Wildman–Crippen LogP) is 3.95. The fraction of sp³-hybridized carbons (Fsp3) is 0.571. The maximum absolute atomic E-state index is 6.11. The molecule has 0 aliphatic carbocycles. The summed E-state index contributed by atoms with van der Waals surface area (Å²) in [5.41, 5.74) is 9.77. The van der Waals surface area contributed by atoms with E-state index in [4.69, 9.17) is 5.73 Å². The Bertz CT molecular complexity index is 291. The van der Waals surface area contributed by atoms with Gasteiger partial charge in [-0.3, -0.25) is 0 Å². The second-order valence-electron chi connectivity index (χ2n) is 4.15. The van der Waals surface area contributed by atoms with Crippen molar-refractivity contribution in [2.24, 2.45) is 0 Å². The number of para-hydroxylation sites is 1. The zero-order valence-corrected chi connectivity index (χ0v) is 10.1. The van der Waals surface area contributed by atoms with Crippen molar-refractivity contribution in [1.29, 1.82) is 0 Å².